The number of sulfonamides is 1. The second kappa shape index (κ2) is 6.65. The maximum atomic E-state index is 12.6. The first-order valence-electron chi connectivity index (χ1n) is 9.18. The summed E-state index contributed by atoms with van der Waals surface area (Å²) in [6.07, 6.45) is 0. The number of carbonyl (C=O) groups is 1. The molecule has 3 heterocycles. The lowest BCUT2D eigenvalue weighted by Gasteiger charge is -2.38. The summed E-state index contributed by atoms with van der Waals surface area (Å²) in [5.41, 5.74) is 1.06. The van der Waals surface area contributed by atoms with Gasteiger partial charge in [-0.1, -0.05) is 0 Å². The number of carboxylic acid groups (broad SMARTS) is 1. The van der Waals surface area contributed by atoms with E-state index in [0.717, 1.165) is 5.69 Å². The Morgan fingerprint density at radius 3 is 2.58 bits per heavy atom. The molecule has 4 aromatic rings. The van der Waals surface area contributed by atoms with Gasteiger partial charge < -0.3 is 18.8 Å². The molecule has 0 amide bonds. The normalized spacial score (nSPS) is 14.8. The van der Waals surface area contributed by atoms with Gasteiger partial charge in [-0.2, -0.15) is 0 Å². The molecule has 1 fully saturated rings. The Kier molecular flexibility index (Phi) is 4.14. The van der Waals surface area contributed by atoms with Gasteiger partial charge in [-0.25, -0.2) is 23.3 Å². The van der Waals surface area contributed by atoms with Crippen LogP contribution in [0.5, 0.6) is 0 Å². The lowest BCUT2D eigenvalue weighted by atomic mass is 9.99. The second-order valence-electron chi connectivity index (χ2n) is 7.30. The zero-order valence-electron chi connectivity index (χ0n) is 15.8. The van der Waals surface area contributed by atoms with Crippen LogP contribution in [0.1, 0.15) is 0 Å². The highest BCUT2D eigenvalue weighted by atomic mass is 32.2. The predicted octanol–water partition coefficient (Wildman–Crippen LogP) is 1.77. The number of nitrogens with two attached hydrogens (primary N) is 1. The first-order valence-corrected chi connectivity index (χ1v) is 10.7. The third-order valence-corrected chi connectivity index (χ3v) is 6.15. The highest BCUT2D eigenvalue weighted by Gasteiger charge is 2.32. The van der Waals surface area contributed by atoms with Crippen LogP contribution in [0.3, 0.4) is 0 Å². The van der Waals surface area contributed by atoms with Gasteiger partial charge in [-0.3, -0.25) is 4.79 Å². The number of fused-ring (bicyclic) bond motifs is 2. The van der Waals surface area contributed by atoms with Crippen molar-refractivity contribution in [2.45, 2.75) is 4.90 Å². The number of aromatic nitrogens is 1. The van der Waals surface area contributed by atoms with Crippen LogP contribution < -0.4 is 15.7 Å². The molecular formula is C20H15N3O7S. The average Bonchev–Trinajstić information content (AvgIpc) is 3.08. The first kappa shape index (κ1) is 19.3. The molecule has 0 bridgehead atoms. The predicted molar refractivity (Wildman–Crippen MR) is 110 cm³/mol. The molecule has 31 heavy (non-hydrogen) atoms. The summed E-state index contributed by atoms with van der Waals surface area (Å²) in [5, 5.41) is 14.8. The Hall–Kier alpha value is -3.70. The largest absolute Gasteiger partial charge is 0.481 e. The molecule has 0 unspecified atom stereocenters. The van der Waals surface area contributed by atoms with Crippen molar-refractivity contribution < 1.29 is 27.2 Å². The van der Waals surface area contributed by atoms with Crippen molar-refractivity contribution in [2.24, 2.45) is 11.1 Å². The Morgan fingerprint density at radius 2 is 1.87 bits per heavy atom. The van der Waals surface area contributed by atoms with Crippen molar-refractivity contribution >= 4 is 43.7 Å². The molecule has 3 N–H and O–H groups in total. The molecule has 10 nitrogen and oxygen atoms in total. The summed E-state index contributed by atoms with van der Waals surface area (Å²) in [7, 11) is -3.91. The molecule has 2 aromatic carbocycles. The monoisotopic (exact) mass is 441 g/mol. The lowest BCUT2D eigenvalue weighted by Crippen LogP contribution is -2.50. The van der Waals surface area contributed by atoms with Gasteiger partial charge in [0.05, 0.1) is 10.8 Å². The zero-order valence-corrected chi connectivity index (χ0v) is 16.6. The van der Waals surface area contributed by atoms with E-state index in [-0.39, 0.29) is 21.9 Å². The Balaban J connectivity index is 1.52. The number of nitrogens with zero attached hydrogens (tertiary/aromatic N) is 2. The van der Waals surface area contributed by atoms with E-state index in [4.69, 9.17) is 19.1 Å². The van der Waals surface area contributed by atoms with Crippen molar-refractivity contribution in [2.75, 3.05) is 18.0 Å². The van der Waals surface area contributed by atoms with Crippen molar-refractivity contribution in [1.82, 2.24) is 4.98 Å². The molecule has 1 aliphatic rings. The van der Waals surface area contributed by atoms with Gasteiger partial charge in [-0.15, -0.1) is 0 Å². The smallest absolute Gasteiger partial charge is 0.349 e. The fourth-order valence-electron chi connectivity index (χ4n) is 3.49. The molecule has 0 atom stereocenters. The van der Waals surface area contributed by atoms with Crippen molar-refractivity contribution in [3.05, 3.63) is 52.9 Å². The van der Waals surface area contributed by atoms with Gasteiger partial charge in [0, 0.05) is 36.3 Å². The molecule has 0 radical (unpaired) electrons. The number of aliphatic carboxylic acids is 1. The number of primary sulfonamides is 1. The van der Waals surface area contributed by atoms with E-state index < -0.39 is 27.5 Å². The minimum Gasteiger partial charge on any atom is -0.481 e. The maximum absolute atomic E-state index is 12.6. The van der Waals surface area contributed by atoms with Gasteiger partial charge in [-0.05, 0) is 30.3 Å². The van der Waals surface area contributed by atoms with Crippen LogP contribution in [0.25, 0.3) is 33.5 Å². The molecule has 0 aliphatic carbocycles. The fourth-order valence-corrected chi connectivity index (χ4v) is 4.02. The molecule has 0 saturated carbocycles. The summed E-state index contributed by atoms with van der Waals surface area (Å²) in [4.78, 5) is 29.5. The SMILES string of the molecule is NS(=O)(=O)c1ccc2nc(-c3cc4ccc(N5CC(C(=O)O)C5)cc4oc3=O)oc2c1. The van der Waals surface area contributed by atoms with Crippen LogP contribution in [0.4, 0.5) is 5.69 Å². The minimum absolute atomic E-state index is 0.00617. The standard InChI is InChI=1S/C20H15N3O7S/c21-31(27,28)13-3-4-15-17(7-13)29-18(22-15)14-5-10-1-2-12(6-16(10)30-20(14)26)23-8-11(9-23)19(24)25/h1-7,11H,8-9H2,(H,24,25)(H2,21,27,28). The van der Waals surface area contributed by atoms with Crippen LogP contribution in [0, 0.1) is 5.92 Å². The third-order valence-electron chi connectivity index (χ3n) is 5.23. The van der Waals surface area contributed by atoms with E-state index in [9.17, 15) is 18.0 Å². The van der Waals surface area contributed by atoms with Gasteiger partial charge in [0.1, 0.15) is 16.7 Å². The Morgan fingerprint density at radius 1 is 1.10 bits per heavy atom. The van der Waals surface area contributed by atoms with Crippen LogP contribution in [-0.2, 0) is 14.8 Å². The molecule has 1 aliphatic heterocycles. The van der Waals surface area contributed by atoms with Crippen molar-refractivity contribution in [3.8, 4) is 11.5 Å². The molecule has 158 valence electrons. The van der Waals surface area contributed by atoms with Crippen molar-refractivity contribution in [3.63, 3.8) is 0 Å². The van der Waals surface area contributed by atoms with E-state index in [1.807, 2.05) is 11.0 Å². The summed E-state index contributed by atoms with van der Waals surface area (Å²) < 4.78 is 34.1. The van der Waals surface area contributed by atoms with Crippen LogP contribution in [0.15, 0.2) is 61.0 Å². The quantitative estimate of drug-likeness (QED) is 0.450. The van der Waals surface area contributed by atoms with E-state index >= 15 is 0 Å². The molecule has 5 rings (SSSR count). The summed E-state index contributed by atoms with van der Waals surface area (Å²) in [6.45, 7) is 0.791. The zero-order chi connectivity index (χ0) is 21.9. The summed E-state index contributed by atoms with van der Waals surface area (Å²) >= 11 is 0. The lowest BCUT2D eigenvalue weighted by molar-refractivity contribution is -0.142. The van der Waals surface area contributed by atoms with Gasteiger partial charge in [0.25, 0.3) is 0 Å². The van der Waals surface area contributed by atoms with Crippen molar-refractivity contribution in [1.29, 1.82) is 0 Å². The molecule has 2 aromatic heterocycles. The third kappa shape index (κ3) is 3.33. The highest BCUT2D eigenvalue weighted by Crippen LogP contribution is 2.30. The number of rotatable bonds is 4. The Bertz CT molecular complexity index is 1530. The topological polar surface area (TPSA) is 157 Å². The molecule has 11 heteroatoms. The molecular weight excluding hydrogens is 426 g/mol. The first-order chi connectivity index (χ1) is 14.7. The maximum Gasteiger partial charge on any atom is 0.349 e. The summed E-state index contributed by atoms with van der Waals surface area (Å²) in [6, 6.07) is 10.8. The van der Waals surface area contributed by atoms with Gasteiger partial charge >= 0.3 is 11.6 Å². The van der Waals surface area contributed by atoms with E-state index in [1.54, 1.807) is 18.2 Å². The fraction of sp³-hybridized carbons (Fsp3) is 0.150. The van der Waals surface area contributed by atoms with Crippen LogP contribution in [0.2, 0.25) is 0 Å². The van der Waals surface area contributed by atoms with E-state index in [1.165, 1.54) is 18.2 Å². The number of hydrogen-bond donors (Lipinski definition) is 2. The number of carboxylic acids is 1. The van der Waals surface area contributed by atoms with Crippen LogP contribution in [-0.4, -0.2) is 37.6 Å². The van der Waals surface area contributed by atoms with E-state index in [0.29, 0.717) is 29.6 Å². The van der Waals surface area contributed by atoms with Crippen LogP contribution >= 0.6 is 0 Å². The molecule has 0 spiro atoms. The average molecular weight is 441 g/mol. The van der Waals surface area contributed by atoms with E-state index in [2.05, 4.69) is 4.98 Å². The summed E-state index contributed by atoms with van der Waals surface area (Å²) in [5.74, 6) is -1.24. The second-order valence-corrected chi connectivity index (χ2v) is 8.86. The highest BCUT2D eigenvalue weighted by molar-refractivity contribution is 7.89. The number of anilines is 1. The number of oxazole rings is 1. The minimum atomic E-state index is -3.91. The number of hydrogen-bond acceptors (Lipinski definition) is 8. The molecule has 1 saturated heterocycles. The Labute approximate surface area is 174 Å². The number of benzene rings is 2. The van der Waals surface area contributed by atoms with Gasteiger partial charge in [0.15, 0.2) is 5.58 Å². The van der Waals surface area contributed by atoms with Gasteiger partial charge in [0.2, 0.25) is 15.9 Å².